The first-order valence-electron chi connectivity index (χ1n) is 9.22. The second kappa shape index (κ2) is 8.91. The van der Waals surface area contributed by atoms with Gasteiger partial charge in [-0.15, -0.1) is 4.52 Å². The number of benzene rings is 3. The first kappa shape index (κ1) is 21.7. The Morgan fingerprint density at radius 2 is 1.71 bits per heavy atom. The summed E-state index contributed by atoms with van der Waals surface area (Å²) >= 11 is 0. The number of nitrogens with zero attached hydrogens (tertiary/aromatic N) is 1. The fourth-order valence-electron chi connectivity index (χ4n) is 3.45. The fraction of sp³-hybridized carbons (Fsp3) is 0.0909. The molecule has 0 aliphatic carbocycles. The van der Waals surface area contributed by atoms with E-state index in [2.05, 4.69) is 9.97 Å². The number of aromatic nitrogens is 2. The number of H-pyrrole nitrogens is 1. The van der Waals surface area contributed by atoms with Crippen LogP contribution in [0.15, 0.2) is 66.7 Å². The molecule has 0 radical (unpaired) electrons. The zero-order valence-electron chi connectivity index (χ0n) is 17.9. The molecule has 0 bridgehead atoms. The van der Waals surface area contributed by atoms with Gasteiger partial charge in [0.15, 0.2) is 6.10 Å². The van der Waals surface area contributed by atoms with Crippen molar-refractivity contribution in [3.05, 3.63) is 83.4 Å². The minimum Gasteiger partial charge on any atom is -1.00 e. The third-order valence-electron chi connectivity index (χ3n) is 4.89. The zero-order valence-corrected chi connectivity index (χ0v) is 19.8. The minimum absolute atomic E-state index is 0. The molecule has 1 aliphatic rings. The molecule has 1 N–H and O–H groups in total. The van der Waals surface area contributed by atoms with Crippen molar-refractivity contribution < 1.29 is 54.3 Å². The molecular formula is C22H17N2NaO5P+. The SMILES string of the molecule is COC(=O)c1ccc2nc([P+](=O)OC3c4ccccc4Oc4ccccc43)[nH]c2c1.[H-].[Na+]. The molecule has 3 aromatic carbocycles. The molecule has 9 heteroatoms. The Bertz CT molecular complexity index is 1270. The van der Waals surface area contributed by atoms with Crippen LogP contribution in [-0.2, 0) is 13.8 Å². The Morgan fingerprint density at radius 1 is 1.06 bits per heavy atom. The first-order chi connectivity index (χ1) is 14.6. The van der Waals surface area contributed by atoms with Gasteiger partial charge < -0.3 is 10.9 Å². The predicted octanol–water partition coefficient (Wildman–Crippen LogP) is 1.75. The van der Waals surface area contributed by atoms with Crippen LogP contribution in [0.5, 0.6) is 11.5 Å². The molecule has 0 fully saturated rings. The monoisotopic (exact) mass is 443 g/mol. The Labute approximate surface area is 202 Å². The minimum atomic E-state index is -2.31. The maximum Gasteiger partial charge on any atom is 1.00 e. The Hall–Kier alpha value is -2.54. The number of carbonyl (C=O) groups is 1. The molecule has 31 heavy (non-hydrogen) atoms. The van der Waals surface area contributed by atoms with Crippen molar-refractivity contribution in [2.24, 2.45) is 0 Å². The van der Waals surface area contributed by atoms with Crippen LogP contribution in [0.2, 0.25) is 0 Å². The van der Waals surface area contributed by atoms with Crippen LogP contribution in [0, 0.1) is 0 Å². The quantitative estimate of drug-likeness (QED) is 0.294. The van der Waals surface area contributed by atoms with E-state index < -0.39 is 20.1 Å². The van der Waals surface area contributed by atoms with E-state index in [1.165, 1.54) is 7.11 Å². The number of esters is 1. The molecule has 150 valence electrons. The summed E-state index contributed by atoms with van der Waals surface area (Å²) in [5, 5.41) is 0. The Kier molecular flexibility index (Phi) is 6.23. The standard InChI is InChI=1S/C22H15N2O5P.Na.H/c1-27-21(25)13-10-11-16-17(12-13)24-22(23-16)30(26)29-20-14-6-2-4-8-18(14)28-19-9-5-3-7-15(19)20;;/h2-12,20H,1H3;;/q;+1;-1/p+1. The number of rotatable bonds is 4. The summed E-state index contributed by atoms with van der Waals surface area (Å²) in [6.07, 6.45) is -0.561. The number of methoxy groups -OCH3 is 1. The number of hydrogen-bond acceptors (Lipinski definition) is 6. The number of fused-ring (bicyclic) bond motifs is 3. The largest absolute Gasteiger partial charge is 1.00 e. The second-order valence-electron chi connectivity index (χ2n) is 6.70. The number of nitrogens with one attached hydrogen (secondary N) is 1. The van der Waals surface area contributed by atoms with Gasteiger partial charge in [-0.1, -0.05) is 36.4 Å². The molecule has 1 aromatic heterocycles. The molecule has 0 amide bonds. The van der Waals surface area contributed by atoms with Crippen molar-refractivity contribution in [1.29, 1.82) is 0 Å². The van der Waals surface area contributed by atoms with E-state index in [9.17, 15) is 9.36 Å². The number of imidazole rings is 1. The van der Waals surface area contributed by atoms with Gasteiger partial charge >= 0.3 is 49.1 Å². The van der Waals surface area contributed by atoms with E-state index in [1.54, 1.807) is 18.2 Å². The predicted molar refractivity (Wildman–Crippen MR) is 112 cm³/mol. The fourth-order valence-corrected chi connectivity index (χ4v) is 4.37. The van der Waals surface area contributed by atoms with Gasteiger partial charge in [-0.05, 0) is 34.9 Å². The van der Waals surface area contributed by atoms with E-state index in [-0.39, 0.29) is 36.5 Å². The van der Waals surface area contributed by atoms with Gasteiger partial charge in [-0.25, -0.2) is 4.79 Å². The van der Waals surface area contributed by atoms with Crippen LogP contribution in [0.4, 0.5) is 0 Å². The van der Waals surface area contributed by atoms with Crippen LogP contribution in [0.1, 0.15) is 29.0 Å². The smallest absolute Gasteiger partial charge is 1.00 e. The van der Waals surface area contributed by atoms with Crippen molar-refractivity contribution in [3.63, 3.8) is 0 Å². The summed E-state index contributed by atoms with van der Waals surface area (Å²) in [7, 11) is -0.993. The number of ether oxygens (including phenoxy) is 2. The normalized spacial score (nSPS) is 12.9. The van der Waals surface area contributed by atoms with Gasteiger partial charge in [0.1, 0.15) is 11.5 Å². The number of carbonyl (C=O) groups excluding carboxylic acids is 1. The van der Waals surface area contributed by atoms with Crippen LogP contribution in [0.25, 0.3) is 11.0 Å². The zero-order chi connectivity index (χ0) is 20.7. The molecule has 1 aliphatic heterocycles. The molecule has 0 saturated heterocycles. The van der Waals surface area contributed by atoms with Crippen LogP contribution < -0.4 is 39.9 Å². The maximum absolute atomic E-state index is 13.1. The van der Waals surface area contributed by atoms with Gasteiger partial charge in [-0.3, -0.25) is 4.98 Å². The van der Waals surface area contributed by atoms with E-state index in [1.807, 2.05) is 48.5 Å². The van der Waals surface area contributed by atoms with Crippen molar-refractivity contribution in [1.82, 2.24) is 9.97 Å². The van der Waals surface area contributed by atoms with E-state index >= 15 is 0 Å². The Morgan fingerprint density at radius 3 is 2.35 bits per heavy atom. The maximum atomic E-state index is 13.1. The van der Waals surface area contributed by atoms with E-state index in [0.29, 0.717) is 28.1 Å². The van der Waals surface area contributed by atoms with Gasteiger partial charge in [-0.2, -0.15) is 4.98 Å². The van der Waals surface area contributed by atoms with Gasteiger partial charge in [0, 0.05) is 11.1 Å². The van der Waals surface area contributed by atoms with Crippen LogP contribution in [0.3, 0.4) is 0 Å². The van der Waals surface area contributed by atoms with Gasteiger partial charge in [0.25, 0.3) is 0 Å². The number of aromatic amines is 1. The van der Waals surface area contributed by atoms with Gasteiger partial charge in [0.2, 0.25) is 0 Å². The van der Waals surface area contributed by atoms with Crippen molar-refractivity contribution in [2.45, 2.75) is 6.10 Å². The molecule has 7 nitrogen and oxygen atoms in total. The van der Waals surface area contributed by atoms with Crippen LogP contribution in [-0.4, -0.2) is 23.0 Å². The molecule has 0 spiro atoms. The molecular weight excluding hydrogens is 426 g/mol. The molecule has 2 heterocycles. The van der Waals surface area contributed by atoms with Crippen LogP contribution >= 0.6 is 8.03 Å². The summed E-state index contributed by atoms with van der Waals surface area (Å²) < 4.78 is 29.8. The van der Waals surface area contributed by atoms with Gasteiger partial charge in [0.05, 0.1) is 23.7 Å². The summed E-state index contributed by atoms with van der Waals surface area (Å²) in [5.41, 5.74) is 3.32. The number of para-hydroxylation sites is 2. The van der Waals surface area contributed by atoms with E-state index in [0.717, 1.165) is 11.1 Å². The van der Waals surface area contributed by atoms with Crippen molar-refractivity contribution in [3.8, 4) is 11.5 Å². The summed E-state index contributed by atoms with van der Waals surface area (Å²) in [4.78, 5) is 19.1. The molecule has 4 aromatic rings. The third-order valence-corrected chi connectivity index (χ3v) is 5.85. The molecule has 1 atom stereocenters. The average Bonchev–Trinajstić information content (AvgIpc) is 3.22. The summed E-state index contributed by atoms with van der Waals surface area (Å²) in [6.45, 7) is 0. The summed E-state index contributed by atoms with van der Waals surface area (Å²) in [6, 6.07) is 19.9. The molecule has 0 saturated carbocycles. The topological polar surface area (TPSA) is 90.5 Å². The number of hydrogen-bond donors (Lipinski definition) is 1. The first-order valence-corrected chi connectivity index (χ1v) is 10.4. The summed E-state index contributed by atoms with van der Waals surface area (Å²) in [5.74, 6) is 0.873. The van der Waals surface area contributed by atoms with Crippen molar-refractivity contribution in [2.75, 3.05) is 7.11 Å². The molecule has 5 rings (SSSR count). The third kappa shape index (κ3) is 4.03. The average molecular weight is 443 g/mol. The van der Waals surface area contributed by atoms with E-state index in [4.69, 9.17) is 14.0 Å². The Balaban J connectivity index is 0.00000144. The second-order valence-corrected chi connectivity index (χ2v) is 7.85. The molecule has 1 unspecified atom stereocenters. The van der Waals surface area contributed by atoms with Crippen molar-refractivity contribution >= 4 is 30.6 Å².